The Bertz CT molecular complexity index is 606. The van der Waals surface area contributed by atoms with Crippen LogP contribution < -0.4 is 10.2 Å². The fourth-order valence-electron chi connectivity index (χ4n) is 2.59. The molecule has 1 aromatic rings. The van der Waals surface area contributed by atoms with Gasteiger partial charge in [0.25, 0.3) is 0 Å². The van der Waals surface area contributed by atoms with Crippen LogP contribution in [0.3, 0.4) is 0 Å². The summed E-state index contributed by atoms with van der Waals surface area (Å²) in [6.07, 6.45) is -1.41. The number of piperidine rings is 1. The highest BCUT2D eigenvalue weighted by atomic mass is 19.4. The van der Waals surface area contributed by atoms with Crippen LogP contribution in [0.25, 0.3) is 0 Å². The van der Waals surface area contributed by atoms with Crippen LogP contribution in [0.15, 0.2) is 12.4 Å². The van der Waals surface area contributed by atoms with Crippen molar-refractivity contribution in [3.05, 3.63) is 18.1 Å². The van der Waals surface area contributed by atoms with Gasteiger partial charge in [-0.25, -0.2) is 9.97 Å². The highest BCUT2D eigenvalue weighted by Gasteiger charge is 2.28. The zero-order chi connectivity index (χ0) is 17.6. The lowest BCUT2D eigenvalue weighted by Crippen LogP contribution is -2.39. The SMILES string of the molecule is N#Cc1nccnc1N1CCC(CNC(=O)CCC(F)(F)F)CC1. The molecular formula is C15H18F3N5O. The van der Waals surface area contributed by atoms with Crippen LogP contribution in [0.4, 0.5) is 19.0 Å². The van der Waals surface area contributed by atoms with Crippen molar-refractivity contribution in [2.45, 2.75) is 31.9 Å². The molecule has 0 atom stereocenters. The van der Waals surface area contributed by atoms with Crippen molar-refractivity contribution in [2.24, 2.45) is 5.92 Å². The lowest BCUT2D eigenvalue weighted by atomic mass is 9.96. The lowest BCUT2D eigenvalue weighted by molar-refractivity contribution is -0.144. The number of alkyl halides is 3. The summed E-state index contributed by atoms with van der Waals surface area (Å²) in [4.78, 5) is 21.6. The summed E-state index contributed by atoms with van der Waals surface area (Å²) in [6, 6.07) is 2.01. The zero-order valence-corrected chi connectivity index (χ0v) is 13.0. The number of aromatic nitrogens is 2. The minimum Gasteiger partial charge on any atom is -0.356 e. The van der Waals surface area contributed by atoms with Gasteiger partial charge in [0.2, 0.25) is 5.91 Å². The van der Waals surface area contributed by atoms with E-state index in [0.717, 1.165) is 12.8 Å². The van der Waals surface area contributed by atoms with Crippen molar-refractivity contribution in [3.63, 3.8) is 0 Å². The van der Waals surface area contributed by atoms with E-state index in [9.17, 15) is 18.0 Å². The van der Waals surface area contributed by atoms with E-state index in [1.807, 2.05) is 11.0 Å². The largest absolute Gasteiger partial charge is 0.389 e. The maximum Gasteiger partial charge on any atom is 0.389 e. The molecule has 1 aromatic heterocycles. The summed E-state index contributed by atoms with van der Waals surface area (Å²) >= 11 is 0. The molecule has 1 aliphatic rings. The summed E-state index contributed by atoms with van der Waals surface area (Å²) in [7, 11) is 0. The van der Waals surface area contributed by atoms with Gasteiger partial charge in [-0.05, 0) is 18.8 Å². The molecule has 0 radical (unpaired) electrons. The van der Waals surface area contributed by atoms with E-state index in [0.29, 0.717) is 25.5 Å². The van der Waals surface area contributed by atoms with Gasteiger partial charge < -0.3 is 10.2 Å². The Morgan fingerprint density at radius 2 is 2.00 bits per heavy atom. The molecule has 1 N–H and O–H groups in total. The maximum absolute atomic E-state index is 12.1. The van der Waals surface area contributed by atoms with Crippen molar-refractivity contribution in [1.29, 1.82) is 5.26 Å². The van der Waals surface area contributed by atoms with Crippen LogP contribution in [0.2, 0.25) is 0 Å². The first kappa shape index (κ1) is 18.0. The van der Waals surface area contributed by atoms with Crippen LogP contribution in [0, 0.1) is 17.2 Å². The molecular weight excluding hydrogens is 323 g/mol. The zero-order valence-electron chi connectivity index (χ0n) is 13.0. The summed E-state index contributed by atoms with van der Waals surface area (Å²) in [5, 5.41) is 11.6. The second-order valence-corrected chi connectivity index (χ2v) is 5.69. The Hall–Kier alpha value is -2.37. The van der Waals surface area contributed by atoms with E-state index in [1.54, 1.807) is 0 Å². The van der Waals surface area contributed by atoms with Gasteiger partial charge in [-0.1, -0.05) is 0 Å². The fraction of sp³-hybridized carbons (Fsp3) is 0.600. The van der Waals surface area contributed by atoms with Crippen LogP contribution in [0.5, 0.6) is 0 Å². The number of nitrogens with zero attached hydrogens (tertiary/aromatic N) is 4. The van der Waals surface area contributed by atoms with Crippen molar-refractivity contribution in [2.75, 3.05) is 24.5 Å². The second kappa shape index (κ2) is 7.95. The van der Waals surface area contributed by atoms with Crippen LogP contribution in [-0.2, 0) is 4.79 Å². The number of hydrogen-bond acceptors (Lipinski definition) is 5. The minimum absolute atomic E-state index is 0.207. The number of carbonyl (C=O) groups is 1. The van der Waals surface area contributed by atoms with E-state index in [2.05, 4.69) is 15.3 Å². The fourth-order valence-corrected chi connectivity index (χ4v) is 2.59. The molecule has 1 aliphatic heterocycles. The van der Waals surface area contributed by atoms with Gasteiger partial charge in [-0.15, -0.1) is 0 Å². The summed E-state index contributed by atoms with van der Waals surface area (Å²) < 4.78 is 36.2. The van der Waals surface area contributed by atoms with E-state index < -0.39 is 24.9 Å². The molecule has 2 rings (SSSR count). The van der Waals surface area contributed by atoms with Gasteiger partial charge in [0.1, 0.15) is 6.07 Å². The standard InChI is InChI=1S/C15H18F3N5O/c16-15(17,18)4-1-13(24)22-10-11-2-7-23(8-3-11)14-12(9-19)20-5-6-21-14/h5-6,11H,1-4,7-8,10H2,(H,22,24). The predicted molar refractivity (Wildman–Crippen MR) is 80.0 cm³/mol. The van der Waals surface area contributed by atoms with Gasteiger partial charge >= 0.3 is 6.18 Å². The third kappa shape index (κ3) is 5.37. The van der Waals surface area contributed by atoms with E-state index in [-0.39, 0.29) is 11.6 Å². The Kier molecular flexibility index (Phi) is 5.95. The lowest BCUT2D eigenvalue weighted by Gasteiger charge is -2.32. The van der Waals surface area contributed by atoms with Crippen LogP contribution >= 0.6 is 0 Å². The van der Waals surface area contributed by atoms with Crippen molar-refractivity contribution in [1.82, 2.24) is 15.3 Å². The molecule has 1 amide bonds. The number of hydrogen-bond donors (Lipinski definition) is 1. The molecule has 9 heteroatoms. The molecule has 0 aliphatic carbocycles. The molecule has 0 unspecified atom stereocenters. The van der Waals surface area contributed by atoms with Crippen LogP contribution in [-0.4, -0.2) is 41.7 Å². The van der Waals surface area contributed by atoms with Crippen molar-refractivity contribution in [3.8, 4) is 6.07 Å². The topological polar surface area (TPSA) is 81.9 Å². The quantitative estimate of drug-likeness (QED) is 0.886. The molecule has 1 saturated heterocycles. The Balaban J connectivity index is 1.75. The Morgan fingerprint density at radius 3 is 2.62 bits per heavy atom. The third-order valence-electron chi connectivity index (χ3n) is 3.92. The summed E-state index contributed by atoms with van der Waals surface area (Å²) in [6.45, 7) is 1.70. The van der Waals surface area contributed by atoms with Gasteiger partial charge in [0.05, 0.1) is 6.42 Å². The van der Waals surface area contributed by atoms with Crippen molar-refractivity contribution >= 4 is 11.7 Å². The van der Waals surface area contributed by atoms with Gasteiger partial charge in [-0.3, -0.25) is 4.79 Å². The first-order chi connectivity index (χ1) is 11.4. The highest BCUT2D eigenvalue weighted by molar-refractivity contribution is 5.75. The molecule has 1 fully saturated rings. The maximum atomic E-state index is 12.1. The molecule has 130 valence electrons. The van der Waals surface area contributed by atoms with E-state index in [4.69, 9.17) is 5.26 Å². The molecule has 0 bridgehead atoms. The van der Waals surface area contributed by atoms with Gasteiger partial charge in [0, 0.05) is 38.4 Å². The first-order valence-electron chi connectivity index (χ1n) is 7.68. The number of nitriles is 1. The average molecular weight is 341 g/mol. The number of rotatable bonds is 5. The summed E-state index contributed by atoms with van der Waals surface area (Å²) in [5.41, 5.74) is 0.274. The smallest absolute Gasteiger partial charge is 0.356 e. The molecule has 0 spiro atoms. The highest BCUT2D eigenvalue weighted by Crippen LogP contribution is 2.23. The molecule has 0 aromatic carbocycles. The number of halogens is 3. The van der Waals surface area contributed by atoms with Crippen LogP contribution in [0.1, 0.15) is 31.4 Å². The Labute approximate surface area is 137 Å². The third-order valence-corrected chi connectivity index (χ3v) is 3.92. The van der Waals surface area contributed by atoms with Gasteiger partial charge in [0.15, 0.2) is 11.5 Å². The number of nitrogens with one attached hydrogen (secondary N) is 1. The van der Waals surface area contributed by atoms with E-state index >= 15 is 0 Å². The molecule has 0 saturated carbocycles. The normalized spacial score (nSPS) is 15.8. The predicted octanol–water partition coefficient (Wildman–Crippen LogP) is 2.02. The summed E-state index contributed by atoms with van der Waals surface area (Å²) in [5.74, 6) is 0.182. The number of anilines is 1. The van der Waals surface area contributed by atoms with Gasteiger partial charge in [-0.2, -0.15) is 18.4 Å². The first-order valence-corrected chi connectivity index (χ1v) is 7.68. The monoisotopic (exact) mass is 341 g/mol. The molecule has 6 nitrogen and oxygen atoms in total. The Morgan fingerprint density at radius 1 is 1.33 bits per heavy atom. The minimum atomic E-state index is -4.31. The molecule has 2 heterocycles. The number of amides is 1. The average Bonchev–Trinajstić information content (AvgIpc) is 2.58. The molecule has 24 heavy (non-hydrogen) atoms. The van der Waals surface area contributed by atoms with E-state index in [1.165, 1.54) is 12.4 Å². The second-order valence-electron chi connectivity index (χ2n) is 5.69. The number of carbonyl (C=O) groups excluding carboxylic acids is 1. The van der Waals surface area contributed by atoms with Crippen molar-refractivity contribution < 1.29 is 18.0 Å².